The molecule has 6 nitrogen and oxygen atoms in total. The van der Waals surface area contributed by atoms with Gasteiger partial charge in [-0.05, 0) is 74.4 Å². The van der Waals surface area contributed by atoms with Gasteiger partial charge in [0.25, 0.3) is 5.91 Å². The molecule has 0 aromatic heterocycles. The highest BCUT2D eigenvalue weighted by atomic mass is 16.7. The molecule has 2 aromatic rings. The first-order valence-corrected chi connectivity index (χ1v) is 12.2. The maximum atomic E-state index is 13.2. The zero-order chi connectivity index (χ0) is 22.7. The van der Waals surface area contributed by atoms with Crippen LogP contribution >= 0.6 is 0 Å². The molecular formula is C27H34N2O4. The summed E-state index contributed by atoms with van der Waals surface area (Å²) in [7, 11) is 2.20. The SMILES string of the molecule is CN1CCOc2ccccc2CCCCC2(CCN(C(=O)c3ccc4c(c3)OCO4)CC2)C1. The molecule has 0 bridgehead atoms. The Hall–Kier alpha value is -2.73. The molecule has 1 fully saturated rings. The molecule has 1 spiro atoms. The Kier molecular flexibility index (Phi) is 6.45. The summed E-state index contributed by atoms with van der Waals surface area (Å²) in [4.78, 5) is 17.6. The Morgan fingerprint density at radius 3 is 2.58 bits per heavy atom. The molecule has 0 saturated carbocycles. The molecular weight excluding hydrogens is 416 g/mol. The van der Waals surface area contributed by atoms with Crippen LogP contribution in [0.15, 0.2) is 42.5 Å². The van der Waals surface area contributed by atoms with Crippen molar-refractivity contribution >= 4 is 5.91 Å². The maximum absolute atomic E-state index is 13.2. The second kappa shape index (κ2) is 9.64. The third-order valence-corrected chi connectivity index (χ3v) is 7.44. The lowest BCUT2D eigenvalue weighted by molar-refractivity contribution is 0.0424. The lowest BCUT2D eigenvalue weighted by atomic mass is 9.73. The first-order valence-electron chi connectivity index (χ1n) is 12.2. The number of para-hydroxylation sites is 1. The zero-order valence-corrected chi connectivity index (χ0v) is 19.6. The molecule has 0 atom stereocenters. The number of fused-ring (bicyclic) bond motifs is 2. The summed E-state index contributed by atoms with van der Waals surface area (Å²) in [6.07, 6.45) is 6.75. The number of hydrogen-bond donors (Lipinski definition) is 0. The fourth-order valence-electron chi connectivity index (χ4n) is 5.51. The first kappa shape index (κ1) is 22.1. The molecule has 176 valence electrons. The molecule has 0 N–H and O–H groups in total. The molecule has 3 aliphatic rings. The number of likely N-dealkylation sites (tertiary alicyclic amines) is 1. The Bertz CT molecular complexity index is 984. The van der Waals surface area contributed by atoms with Gasteiger partial charge in [-0.25, -0.2) is 0 Å². The fraction of sp³-hybridized carbons (Fsp3) is 0.519. The second-order valence-electron chi connectivity index (χ2n) is 9.76. The number of carbonyl (C=O) groups excluding carboxylic acids is 1. The van der Waals surface area contributed by atoms with E-state index in [1.54, 1.807) is 0 Å². The molecule has 1 amide bonds. The average Bonchev–Trinajstić information content (AvgIpc) is 3.30. The highest BCUT2D eigenvalue weighted by Crippen LogP contribution is 2.39. The van der Waals surface area contributed by atoms with Gasteiger partial charge in [-0.1, -0.05) is 24.6 Å². The van der Waals surface area contributed by atoms with Crippen molar-refractivity contribution in [3.8, 4) is 17.2 Å². The molecule has 3 aliphatic heterocycles. The monoisotopic (exact) mass is 450 g/mol. The minimum atomic E-state index is 0.0923. The van der Waals surface area contributed by atoms with E-state index in [9.17, 15) is 4.79 Å². The highest BCUT2D eigenvalue weighted by Gasteiger charge is 2.37. The Labute approximate surface area is 196 Å². The first-order chi connectivity index (χ1) is 16.1. The predicted molar refractivity (Wildman–Crippen MR) is 127 cm³/mol. The molecule has 6 heteroatoms. The van der Waals surface area contributed by atoms with E-state index < -0.39 is 0 Å². The largest absolute Gasteiger partial charge is 0.492 e. The summed E-state index contributed by atoms with van der Waals surface area (Å²) in [6, 6.07) is 14.0. The van der Waals surface area contributed by atoms with Crippen molar-refractivity contribution in [2.45, 2.75) is 38.5 Å². The van der Waals surface area contributed by atoms with E-state index in [2.05, 4.69) is 36.2 Å². The third kappa shape index (κ3) is 4.96. The number of benzene rings is 2. The standard InChI is InChI=1S/C27H34N2O4/c1-28-16-17-31-23-8-3-2-6-21(23)7-4-5-11-27(19-28)12-14-29(15-13-27)26(30)22-9-10-24-25(18-22)33-20-32-24/h2-3,6,8-10,18H,4-5,7,11-17,19-20H2,1H3. The van der Waals surface area contributed by atoms with Crippen LogP contribution in [-0.4, -0.2) is 62.3 Å². The number of likely N-dealkylation sites (N-methyl/N-ethyl adjacent to an activating group) is 1. The molecule has 2 aromatic carbocycles. The highest BCUT2D eigenvalue weighted by molar-refractivity contribution is 5.95. The zero-order valence-electron chi connectivity index (χ0n) is 19.6. The van der Waals surface area contributed by atoms with E-state index in [-0.39, 0.29) is 18.1 Å². The Morgan fingerprint density at radius 2 is 1.70 bits per heavy atom. The molecule has 3 heterocycles. The molecule has 5 rings (SSSR count). The van der Waals surface area contributed by atoms with Gasteiger partial charge in [0.2, 0.25) is 6.79 Å². The number of nitrogens with zero attached hydrogens (tertiary/aromatic N) is 2. The number of ether oxygens (including phenoxy) is 3. The van der Waals surface area contributed by atoms with Crippen LogP contribution in [0.2, 0.25) is 0 Å². The van der Waals surface area contributed by atoms with Gasteiger partial charge in [0.1, 0.15) is 12.4 Å². The van der Waals surface area contributed by atoms with Crippen LogP contribution in [0.3, 0.4) is 0 Å². The van der Waals surface area contributed by atoms with Crippen LogP contribution in [0, 0.1) is 5.41 Å². The van der Waals surface area contributed by atoms with Gasteiger partial charge in [-0.2, -0.15) is 0 Å². The van der Waals surface area contributed by atoms with E-state index in [1.807, 2.05) is 23.1 Å². The number of hydrogen-bond acceptors (Lipinski definition) is 5. The van der Waals surface area contributed by atoms with E-state index >= 15 is 0 Å². The number of rotatable bonds is 1. The van der Waals surface area contributed by atoms with Crippen LogP contribution in [0.1, 0.15) is 48.0 Å². The summed E-state index contributed by atoms with van der Waals surface area (Å²) in [5, 5.41) is 0. The van der Waals surface area contributed by atoms with Crippen LogP contribution in [0.4, 0.5) is 0 Å². The minimum Gasteiger partial charge on any atom is -0.492 e. The second-order valence-corrected chi connectivity index (χ2v) is 9.76. The van der Waals surface area contributed by atoms with Crippen LogP contribution < -0.4 is 14.2 Å². The van der Waals surface area contributed by atoms with E-state index in [0.717, 1.165) is 51.2 Å². The van der Waals surface area contributed by atoms with Crippen molar-refractivity contribution in [2.75, 3.05) is 46.6 Å². The average molecular weight is 451 g/mol. The summed E-state index contributed by atoms with van der Waals surface area (Å²) in [6.45, 7) is 4.52. The van der Waals surface area contributed by atoms with E-state index in [1.165, 1.54) is 24.8 Å². The summed E-state index contributed by atoms with van der Waals surface area (Å²) < 4.78 is 17.0. The van der Waals surface area contributed by atoms with E-state index in [0.29, 0.717) is 23.7 Å². The van der Waals surface area contributed by atoms with Crippen molar-refractivity contribution in [1.82, 2.24) is 9.80 Å². The van der Waals surface area contributed by atoms with Gasteiger partial charge in [-0.3, -0.25) is 4.79 Å². The van der Waals surface area contributed by atoms with Crippen molar-refractivity contribution in [1.29, 1.82) is 0 Å². The fourth-order valence-corrected chi connectivity index (χ4v) is 5.51. The number of amides is 1. The minimum absolute atomic E-state index is 0.0923. The molecule has 0 radical (unpaired) electrons. The molecule has 0 aliphatic carbocycles. The van der Waals surface area contributed by atoms with Gasteiger partial charge < -0.3 is 24.0 Å². The Morgan fingerprint density at radius 1 is 0.879 bits per heavy atom. The lowest BCUT2D eigenvalue weighted by Crippen LogP contribution is -2.48. The summed E-state index contributed by atoms with van der Waals surface area (Å²) >= 11 is 0. The van der Waals surface area contributed by atoms with E-state index in [4.69, 9.17) is 14.2 Å². The van der Waals surface area contributed by atoms with Crippen molar-refractivity contribution in [2.24, 2.45) is 5.41 Å². The smallest absolute Gasteiger partial charge is 0.253 e. The molecule has 1 saturated heterocycles. The quantitative estimate of drug-likeness (QED) is 0.646. The van der Waals surface area contributed by atoms with Gasteiger partial charge in [0, 0.05) is 31.7 Å². The number of piperidine rings is 1. The predicted octanol–water partition coefficient (Wildman–Crippen LogP) is 4.37. The third-order valence-electron chi connectivity index (χ3n) is 7.44. The normalized spacial score (nSPS) is 20.9. The molecule has 0 unspecified atom stereocenters. The molecule has 33 heavy (non-hydrogen) atoms. The summed E-state index contributed by atoms with van der Waals surface area (Å²) in [5.74, 6) is 2.51. The van der Waals surface area contributed by atoms with Gasteiger partial charge >= 0.3 is 0 Å². The number of carbonyl (C=O) groups is 1. The number of aryl methyl sites for hydroxylation is 1. The van der Waals surface area contributed by atoms with Gasteiger partial charge in [-0.15, -0.1) is 0 Å². The van der Waals surface area contributed by atoms with Crippen LogP contribution in [0.25, 0.3) is 0 Å². The summed E-state index contributed by atoms with van der Waals surface area (Å²) in [5.41, 5.74) is 2.26. The van der Waals surface area contributed by atoms with Crippen LogP contribution in [-0.2, 0) is 6.42 Å². The maximum Gasteiger partial charge on any atom is 0.253 e. The topological polar surface area (TPSA) is 51.2 Å². The van der Waals surface area contributed by atoms with Crippen LogP contribution in [0.5, 0.6) is 17.2 Å². The Balaban J connectivity index is 1.23. The van der Waals surface area contributed by atoms with Crippen molar-refractivity contribution in [3.63, 3.8) is 0 Å². The van der Waals surface area contributed by atoms with Gasteiger partial charge in [0.05, 0.1) is 0 Å². The van der Waals surface area contributed by atoms with Crippen molar-refractivity contribution < 1.29 is 19.0 Å². The van der Waals surface area contributed by atoms with Crippen molar-refractivity contribution in [3.05, 3.63) is 53.6 Å². The van der Waals surface area contributed by atoms with Gasteiger partial charge in [0.15, 0.2) is 11.5 Å². The lowest BCUT2D eigenvalue weighted by Gasteiger charge is -2.44.